The van der Waals surface area contributed by atoms with E-state index in [2.05, 4.69) is 4.98 Å². The summed E-state index contributed by atoms with van der Waals surface area (Å²) in [6, 6.07) is 2.25. The molecule has 9 heteroatoms. The van der Waals surface area contributed by atoms with Crippen molar-refractivity contribution >= 4 is 10.1 Å². The molecule has 0 fully saturated rings. The molecule has 138 valence electrons. The Morgan fingerprint density at radius 1 is 1.24 bits per heavy atom. The molecule has 0 aliphatic carbocycles. The van der Waals surface area contributed by atoms with Gasteiger partial charge in [0.1, 0.15) is 23.2 Å². The fourth-order valence-electron chi connectivity index (χ4n) is 2.53. The van der Waals surface area contributed by atoms with Gasteiger partial charge >= 0.3 is 10.1 Å². The zero-order valence-electron chi connectivity index (χ0n) is 14.3. The van der Waals surface area contributed by atoms with Crippen LogP contribution in [0, 0.1) is 11.6 Å². The Kier molecular flexibility index (Phi) is 5.79. The van der Waals surface area contributed by atoms with Crippen LogP contribution in [0.4, 0.5) is 8.78 Å². The van der Waals surface area contributed by atoms with Crippen LogP contribution < -0.4 is 9.92 Å². The quantitative estimate of drug-likeness (QED) is 0.754. The second-order valence-corrected chi connectivity index (χ2v) is 7.26. The highest BCUT2D eigenvalue weighted by atomic mass is 32.2. The summed E-state index contributed by atoms with van der Waals surface area (Å²) in [5, 5.41) is -0.113. The molecule has 2 rings (SSSR count). The van der Waals surface area contributed by atoms with Crippen molar-refractivity contribution in [1.29, 1.82) is 0 Å². The SMILES string of the molecule is CCn1c(CCN)nc(C(C)C)c1S(=O)(=O)Oc1cc(F)cc(F)c1. The summed E-state index contributed by atoms with van der Waals surface area (Å²) in [5.74, 6) is -1.95. The van der Waals surface area contributed by atoms with Crippen LogP contribution in [0.2, 0.25) is 0 Å². The van der Waals surface area contributed by atoms with Gasteiger partial charge < -0.3 is 14.5 Å². The molecule has 1 aromatic carbocycles. The molecule has 0 amide bonds. The summed E-state index contributed by atoms with van der Waals surface area (Å²) in [6.07, 6.45) is 0.400. The van der Waals surface area contributed by atoms with Gasteiger partial charge in [0, 0.05) is 31.2 Å². The van der Waals surface area contributed by atoms with Crippen molar-refractivity contribution in [3.8, 4) is 5.75 Å². The summed E-state index contributed by atoms with van der Waals surface area (Å²) in [6.45, 7) is 6.02. The highest BCUT2D eigenvalue weighted by Gasteiger charge is 2.30. The maximum atomic E-state index is 13.3. The summed E-state index contributed by atoms with van der Waals surface area (Å²) < 4.78 is 58.7. The number of hydrogen-bond acceptors (Lipinski definition) is 5. The topological polar surface area (TPSA) is 87.2 Å². The Hall–Kier alpha value is -2.00. The van der Waals surface area contributed by atoms with Gasteiger partial charge in [-0.2, -0.15) is 8.42 Å². The number of nitrogens with two attached hydrogens (primary N) is 1. The number of imidazole rings is 1. The van der Waals surface area contributed by atoms with Crippen LogP contribution in [0.25, 0.3) is 0 Å². The van der Waals surface area contributed by atoms with Crippen LogP contribution in [-0.2, 0) is 23.1 Å². The summed E-state index contributed by atoms with van der Waals surface area (Å²) in [4.78, 5) is 4.39. The number of hydrogen-bond donors (Lipinski definition) is 1. The van der Waals surface area contributed by atoms with Crippen molar-refractivity contribution < 1.29 is 21.4 Å². The third kappa shape index (κ3) is 4.16. The first kappa shape index (κ1) is 19.3. The lowest BCUT2D eigenvalue weighted by Gasteiger charge is -2.13. The van der Waals surface area contributed by atoms with Crippen LogP contribution in [0.1, 0.15) is 38.2 Å². The van der Waals surface area contributed by atoms with Crippen LogP contribution in [0.5, 0.6) is 5.75 Å². The van der Waals surface area contributed by atoms with Crippen molar-refractivity contribution in [2.24, 2.45) is 5.73 Å². The molecule has 6 nitrogen and oxygen atoms in total. The molecule has 1 aromatic heterocycles. The van der Waals surface area contributed by atoms with E-state index in [4.69, 9.17) is 9.92 Å². The first-order valence-corrected chi connectivity index (χ1v) is 9.30. The van der Waals surface area contributed by atoms with Crippen molar-refractivity contribution in [3.63, 3.8) is 0 Å². The van der Waals surface area contributed by atoms with E-state index in [-0.39, 0.29) is 10.9 Å². The van der Waals surface area contributed by atoms with E-state index in [0.717, 1.165) is 12.1 Å². The van der Waals surface area contributed by atoms with E-state index in [1.165, 1.54) is 4.57 Å². The van der Waals surface area contributed by atoms with Crippen molar-refractivity contribution in [2.45, 2.75) is 44.7 Å². The number of benzene rings is 1. The zero-order valence-corrected chi connectivity index (χ0v) is 15.1. The predicted octanol–water partition coefficient (Wildman–Crippen LogP) is 2.57. The Labute approximate surface area is 145 Å². The largest absolute Gasteiger partial charge is 0.378 e. The fourth-order valence-corrected chi connectivity index (χ4v) is 4.00. The second-order valence-electron chi connectivity index (χ2n) is 5.80. The first-order chi connectivity index (χ1) is 11.7. The van der Waals surface area contributed by atoms with Gasteiger partial charge in [0.05, 0.1) is 5.69 Å². The molecule has 0 saturated carbocycles. The van der Waals surface area contributed by atoms with E-state index < -0.39 is 27.5 Å². The zero-order chi connectivity index (χ0) is 18.8. The lowest BCUT2D eigenvalue weighted by molar-refractivity contribution is 0.464. The average Bonchev–Trinajstić information content (AvgIpc) is 2.85. The smallest absolute Gasteiger partial charge is 0.357 e. The number of aromatic nitrogens is 2. The number of rotatable bonds is 7. The number of nitrogens with zero attached hydrogens (tertiary/aromatic N) is 2. The molecule has 0 unspecified atom stereocenters. The van der Waals surface area contributed by atoms with Gasteiger partial charge in [-0.3, -0.25) is 0 Å². The highest BCUT2D eigenvalue weighted by molar-refractivity contribution is 7.87. The Morgan fingerprint density at radius 3 is 2.32 bits per heavy atom. The minimum Gasteiger partial charge on any atom is -0.378 e. The van der Waals surface area contributed by atoms with Gasteiger partial charge in [-0.1, -0.05) is 13.8 Å². The maximum absolute atomic E-state index is 13.3. The first-order valence-electron chi connectivity index (χ1n) is 7.89. The molecular formula is C16H21F2N3O3S. The van der Waals surface area contributed by atoms with E-state index >= 15 is 0 Å². The van der Waals surface area contributed by atoms with Crippen LogP contribution in [0.15, 0.2) is 23.2 Å². The van der Waals surface area contributed by atoms with Crippen LogP contribution in [0.3, 0.4) is 0 Å². The highest BCUT2D eigenvalue weighted by Crippen LogP contribution is 2.28. The van der Waals surface area contributed by atoms with E-state index in [1.54, 1.807) is 20.8 Å². The van der Waals surface area contributed by atoms with Gasteiger partial charge in [-0.15, -0.1) is 0 Å². The Morgan fingerprint density at radius 2 is 1.84 bits per heavy atom. The molecule has 25 heavy (non-hydrogen) atoms. The predicted molar refractivity (Wildman–Crippen MR) is 88.9 cm³/mol. The van der Waals surface area contributed by atoms with Gasteiger partial charge in [-0.05, 0) is 19.4 Å². The van der Waals surface area contributed by atoms with Gasteiger partial charge in [0.2, 0.25) is 0 Å². The van der Waals surface area contributed by atoms with Gasteiger partial charge in [0.25, 0.3) is 0 Å². The van der Waals surface area contributed by atoms with Crippen molar-refractivity contribution in [3.05, 3.63) is 41.4 Å². The van der Waals surface area contributed by atoms with Gasteiger partial charge in [0.15, 0.2) is 5.03 Å². The van der Waals surface area contributed by atoms with E-state index in [0.29, 0.717) is 37.1 Å². The molecule has 0 aliphatic rings. The molecule has 0 aliphatic heterocycles. The van der Waals surface area contributed by atoms with Crippen molar-refractivity contribution in [2.75, 3.05) is 6.54 Å². The van der Waals surface area contributed by atoms with E-state index in [1.807, 2.05) is 0 Å². The third-order valence-corrected chi connectivity index (χ3v) is 4.85. The number of halogens is 2. The molecule has 0 spiro atoms. The minimum absolute atomic E-state index is 0.113. The lowest BCUT2D eigenvalue weighted by Crippen LogP contribution is -2.19. The van der Waals surface area contributed by atoms with Crippen molar-refractivity contribution in [1.82, 2.24) is 9.55 Å². The molecule has 0 radical (unpaired) electrons. The van der Waals surface area contributed by atoms with Crippen LogP contribution in [-0.4, -0.2) is 24.5 Å². The lowest BCUT2D eigenvalue weighted by atomic mass is 10.1. The van der Waals surface area contributed by atoms with E-state index in [9.17, 15) is 17.2 Å². The standard InChI is InChI=1S/C16H21F2N3O3S/c1-4-21-14(5-6-19)20-15(10(2)3)16(21)25(22,23)24-13-8-11(17)7-12(18)9-13/h7-10H,4-6,19H2,1-3H3. The second kappa shape index (κ2) is 7.49. The monoisotopic (exact) mass is 373 g/mol. The molecule has 0 bridgehead atoms. The molecule has 1 heterocycles. The Balaban J connectivity index is 2.57. The van der Waals surface area contributed by atoms with Crippen LogP contribution >= 0.6 is 0 Å². The average molecular weight is 373 g/mol. The molecule has 0 saturated heterocycles. The summed E-state index contributed by atoms with van der Waals surface area (Å²) in [7, 11) is -4.34. The maximum Gasteiger partial charge on any atom is 0.357 e. The summed E-state index contributed by atoms with van der Waals surface area (Å²) in [5.41, 5.74) is 5.90. The van der Waals surface area contributed by atoms with Gasteiger partial charge in [-0.25, -0.2) is 13.8 Å². The fraction of sp³-hybridized carbons (Fsp3) is 0.438. The Bertz CT molecular complexity index is 844. The molecular weight excluding hydrogens is 352 g/mol. The molecule has 0 atom stereocenters. The molecule has 2 N–H and O–H groups in total. The minimum atomic E-state index is -4.34. The normalized spacial score (nSPS) is 12.0. The third-order valence-electron chi connectivity index (χ3n) is 3.54. The summed E-state index contributed by atoms with van der Waals surface area (Å²) >= 11 is 0. The molecule has 2 aromatic rings.